The van der Waals surface area contributed by atoms with E-state index in [0.29, 0.717) is 5.69 Å². The van der Waals surface area contributed by atoms with Crippen LogP contribution in [0.2, 0.25) is 0 Å². The van der Waals surface area contributed by atoms with Crippen molar-refractivity contribution in [3.05, 3.63) is 47.3 Å². The van der Waals surface area contributed by atoms with E-state index in [-0.39, 0.29) is 17.1 Å². The number of nitrogens with zero attached hydrogens (tertiary/aromatic N) is 2. The predicted octanol–water partition coefficient (Wildman–Crippen LogP) is 1.15. The molecule has 0 bridgehead atoms. The highest BCUT2D eigenvalue weighted by molar-refractivity contribution is 7.89. The second kappa shape index (κ2) is 5.56. The summed E-state index contributed by atoms with van der Waals surface area (Å²) < 4.78 is 27.0. The van der Waals surface area contributed by atoms with E-state index in [1.54, 1.807) is 24.3 Å². The summed E-state index contributed by atoms with van der Waals surface area (Å²) in [6.07, 6.45) is 1.53. The van der Waals surface area contributed by atoms with Crippen molar-refractivity contribution in [1.82, 2.24) is 14.9 Å². The molecular formula is C13H16N4O2S. The van der Waals surface area contributed by atoms with Crippen LogP contribution in [0.3, 0.4) is 0 Å². The van der Waals surface area contributed by atoms with Gasteiger partial charge in [0.25, 0.3) is 0 Å². The van der Waals surface area contributed by atoms with E-state index < -0.39 is 10.0 Å². The fourth-order valence-corrected chi connectivity index (χ4v) is 2.91. The minimum Gasteiger partial charge on any atom is -0.398 e. The lowest BCUT2D eigenvalue weighted by atomic mass is 10.1. The number of rotatable bonds is 4. The summed E-state index contributed by atoms with van der Waals surface area (Å²) in [7, 11) is -3.67. The van der Waals surface area contributed by atoms with Gasteiger partial charge < -0.3 is 5.73 Å². The Morgan fingerprint density at radius 3 is 2.60 bits per heavy atom. The highest BCUT2D eigenvalue weighted by Gasteiger charge is 2.18. The van der Waals surface area contributed by atoms with E-state index in [0.717, 1.165) is 11.1 Å². The van der Waals surface area contributed by atoms with Crippen molar-refractivity contribution in [1.29, 1.82) is 0 Å². The largest absolute Gasteiger partial charge is 0.398 e. The molecule has 0 fully saturated rings. The minimum atomic E-state index is -3.67. The van der Waals surface area contributed by atoms with Gasteiger partial charge in [-0.25, -0.2) is 13.1 Å². The highest BCUT2D eigenvalue weighted by atomic mass is 32.2. The van der Waals surface area contributed by atoms with Gasteiger partial charge in [0.1, 0.15) is 4.90 Å². The molecular weight excluding hydrogens is 276 g/mol. The van der Waals surface area contributed by atoms with Crippen molar-refractivity contribution in [2.24, 2.45) is 0 Å². The fraction of sp³-hybridized carbons (Fsp3) is 0.231. The zero-order valence-corrected chi connectivity index (χ0v) is 12.1. The first-order valence-corrected chi connectivity index (χ1v) is 7.51. The molecule has 6 nitrogen and oxygen atoms in total. The molecule has 1 aromatic carbocycles. The van der Waals surface area contributed by atoms with Gasteiger partial charge in [0.2, 0.25) is 10.0 Å². The van der Waals surface area contributed by atoms with Gasteiger partial charge in [0.05, 0.1) is 17.9 Å². The van der Waals surface area contributed by atoms with E-state index in [1.165, 1.54) is 6.20 Å². The second-order valence-corrected chi connectivity index (χ2v) is 6.25. The molecule has 0 saturated carbocycles. The van der Waals surface area contributed by atoms with Crippen LogP contribution in [-0.2, 0) is 16.6 Å². The molecule has 0 radical (unpaired) electrons. The van der Waals surface area contributed by atoms with Crippen LogP contribution in [0.1, 0.15) is 16.8 Å². The Bertz CT molecular complexity index is 715. The van der Waals surface area contributed by atoms with E-state index >= 15 is 0 Å². The molecule has 0 atom stereocenters. The van der Waals surface area contributed by atoms with Crippen molar-refractivity contribution in [3.8, 4) is 0 Å². The normalized spacial score (nSPS) is 11.5. The summed E-state index contributed by atoms with van der Waals surface area (Å²) in [5, 5.41) is 7.51. The fourth-order valence-electron chi connectivity index (χ4n) is 1.72. The van der Waals surface area contributed by atoms with Gasteiger partial charge >= 0.3 is 0 Å². The molecule has 0 aliphatic carbocycles. The van der Waals surface area contributed by atoms with Crippen LogP contribution in [0, 0.1) is 13.8 Å². The van der Waals surface area contributed by atoms with Crippen molar-refractivity contribution in [2.75, 3.05) is 5.73 Å². The summed E-state index contributed by atoms with van der Waals surface area (Å²) in [6.45, 7) is 3.80. The van der Waals surface area contributed by atoms with Crippen LogP contribution >= 0.6 is 0 Å². The topological polar surface area (TPSA) is 98.0 Å². The van der Waals surface area contributed by atoms with E-state index in [4.69, 9.17) is 5.73 Å². The molecule has 0 saturated heterocycles. The molecule has 2 aromatic rings. The Hall–Kier alpha value is -1.99. The van der Waals surface area contributed by atoms with E-state index in [9.17, 15) is 8.42 Å². The van der Waals surface area contributed by atoms with Gasteiger partial charge in [-0.2, -0.15) is 10.2 Å². The molecule has 0 aliphatic heterocycles. The summed E-state index contributed by atoms with van der Waals surface area (Å²) >= 11 is 0. The average molecular weight is 292 g/mol. The maximum Gasteiger partial charge on any atom is 0.242 e. The number of hydrogen-bond donors (Lipinski definition) is 2. The summed E-state index contributed by atoms with van der Waals surface area (Å²) in [4.78, 5) is 0.0875. The third-order valence-electron chi connectivity index (χ3n) is 2.99. The predicted molar refractivity (Wildman–Crippen MR) is 76.4 cm³/mol. The maximum absolute atomic E-state index is 12.3. The Morgan fingerprint density at radius 1 is 1.25 bits per heavy atom. The lowest BCUT2D eigenvalue weighted by molar-refractivity contribution is 0.580. The highest BCUT2D eigenvalue weighted by Crippen LogP contribution is 2.22. The number of nitrogens with one attached hydrogen (secondary N) is 1. The van der Waals surface area contributed by atoms with Gasteiger partial charge in [-0.15, -0.1) is 0 Å². The molecule has 106 valence electrons. The summed E-state index contributed by atoms with van der Waals surface area (Å²) in [5.74, 6) is 0. The van der Waals surface area contributed by atoms with Crippen molar-refractivity contribution in [3.63, 3.8) is 0 Å². The van der Waals surface area contributed by atoms with Gasteiger partial charge in [0.15, 0.2) is 0 Å². The number of sulfonamides is 1. The number of aryl methyl sites for hydroxylation is 2. The Balaban J connectivity index is 2.25. The van der Waals surface area contributed by atoms with Crippen LogP contribution in [0.5, 0.6) is 0 Å². The number of anilines is 1. The molecule has 0 spiro atoms. The first-order chi connectivity index (χ1) is 9.40. The molecule has 0 unspecified atom stereocenters. The van der Waals surface area contributed by atoms with Crippen LogP contribution < -0.4 is 10.5 Å². The quantitative estimate of drug-likeness (QED) is 0.824. The third-order valence-corrected chi connectivity index (χ3v) is 4.44. The van der Waals surface area contributed by atoms with Crippen LogP contribution in [-0.4, -0.2) is 18.6 Å². The standard InChI is InChI=1S/C13H16N4O2S/c1-9-6-12(14)13(7-10(9)2)20(18,19)16-8-11-4-3-5-15-17-11/h3-7,16H,8,14H2,1-2H3. The molecule has 1 heterocycles. The number of hydrogen-bond acceptors (Lipinski definition) is 5. The Kier molecular flexibility index (Phi) is 4.01. The zero-order chi connectivity index (χ0) is 14.8. The van der Waals surface area contributed by atoms with Crippen molar-refractivity contribution < 1.29 is 8.42 Å². The molecule has 1 aromatic heterocycles. The average Bonchev–Trinajstić information content (AvgIpc) is 2.42. The molecule has 0 aliphatic rings. The van der Waals surface area contributed by atoms with Crippen LogP contribution in [0.25, 0.3) is 0 Å². The summed E-state index contributed by atoms with van der Waals surface area (Å²) in [5.41, 5.74) is 8.40. The molecule has 20 heavy (non-hydrogen) atoms. The maximum atomic E-state index is 12.3. The number of aromatic nitrogens is 2. The van der Waals surface area contributed by atoms with Crippen LogP contribution in [0.4, 0.5) is 5.69 Å². The second-order valence-electron chi connectivity index (χ2n) is 4.51. The Morgan fingerprint density at radius 2 is 1.95 bits per heavy atom. The minimum absolute atomic E-state index is 0.0720. The third kappa shape index (κ3) is 3.12. The first-order valence-electron chi connectivity index (χ1n) is 6.03. The molecule has 0 amide bonds. The molecule has 2 rings (SSSR count). The van der Waals surface area contributed by atoms with Gasteiger partial charge in [-0.1, -0.05) is 0 Å². The first kappa shape index (κ1) is 14.4. The number of benzene rings is 1. The SMILES string of the molecule is Cc1cc(N)c(S(=O)(=O)NCc2cccnn2)cc1C. The van der Waals surface area contributed by atoms with Crippen LogP contribution in [0.15, 0.2) is 35.4 Å². The van der Waals surface area contributed by atoms with Gasteiger partial charge in [-0.3, -0.25) is 0 Å². The lowest BCUT2D eigenvalue weighted by Gasteiger charge is -2.11. The zero-order valence-electron chi connectivity index (χ0n) is 11.3. The van der Waals surface area contributed by atoms with E-state index in [2.05, 4.69) is 14.9 Å². The smallest absolute Gasteiger partial charge is 0.242 e. The lowest BCUT2D eigenvalue weighted by Crippen LogP contribution is -2.25. The number of nitrogens with two attached hydrogens (primary N) is 1. The molecule has 3 N–H and O–H groups in total. The summed E-state index contributed by atoms with van der Waals surface area (Å²) in [6, 6.07) is 6.62. The Labute approximate surface area is 118 Å². The monoisotopic (exact) mass is 292 g/mol. The van der Waals surface area contributed by atoms with Gasteiger partial charge in [-0.05, 0) is 49.2 Å². The van der Waals surface area contributed by atoms with Crippen molar-refractivity contribution in [2.45, 2.75) is 25.3 Å². The van der Waals surface area contributed by atoms with Gasteiger partial charge in [0, 0.05) is 6.20 Å². The van der Waals surface area contributed by atoms with E-state index in [1.807, 2.05) is 13.8 Å². The van der Waals surface area contributed by atoms with Crippen molar-refractivity contribution >= 4 is 15.7 Å². The molecule has 7 heteroatoms. The number of nitrogen functional groups attached to an aromatic ring is 1.